The van der Waals surface area contributed by atoms with E-state index in [1.165, 1.54) is 0 Å². The Hall–Kier alpha value is -3.00. The number of rotatable bonds is 6. The summed E-state index contributed by atoms with van der Waals surface area (Å²) in [6, 6.07) is 9.37. The van der Waals surface area contributed by atoms with Gasteiger partial charge in [0.25, 0.3) is 0 Å². The number of amides is 2. The monoisotopic (exact) mass is 494 g/mol. The van der Waals surface area contributed by atoms with Crippen LogP contribution in [0.4, 0.5) is 0 Å². The van der Waals surface area contributed by atoms with Crippen LogP contribution in [0.15, 0.2) is 40.4 Å². The predicted octanol–water partition coefficient (Wildman–Crippen LogP) is 5.41. The third-order valence-corrected chi connectivity index (χ3v) is 7.64. The van der Waals surface area contributed by atoms with Crippen LogP contribution in [-0.4, -0.2) is 39.4 Å². The van der Waals surface area contributed by atoms with Gasteiger partial charge in [0, 0.05) is 12.6 Å². The lowest BCUT2D eigenvalue weighted by atomic mass is 9.78. The van der Waals surface area contributed by atoms with Crippen molar-refractivity contribution in [1.29, 1.82) is 0 Å². The molecular weight excluding hydrogens is 460 g/mol. The molecule has 0 spiro atoms. The normalized spacial score (nSPS) is 17.9. The van der Waals surface area contributed by atoms with Gasteiger partial charge in [0.15, 0.2) is 0 Å². The molecule has 3 heterocycles. The Morgan fingerprint density at radius 3 is 2.49 bits per heavy atom. The van der Waals surface area contributed by atoms with E-state index in [1.807, 2.05) is 65.3 Å². The van der Waals surface area contributed by atoms with E-state index < -0.39 is 12.0 Å². The molecule has 1 aromatic carbocycles. The van der Waals surface area contributed by atoms with E-state index in [2.05, 4.69) is 27.6 Å². The van der Waals surface area contributed by atoms with Crippen LogP contribution in [0.1, 0.15) is 75.2 Å². The van der Waals surface area contributed by atoms with Crippen molar-refractivity contribution in [2.45, 2.75) is 72.4 Å². The summed E-state index contributed by atoms with van der Waals surface area (Å²) < 4.78 is 5.49. The van der Waals surface area contributed by atoms with Crippen molar-refractivity contribution >= 4 is 23.2 Å². The van der Waals surface area contributed by atoms with Crippen molar-refractivity contribution < 1.29 is 14.1 Å². The maximum Gasteiger partial charge on any atom is 0.243 e. The fourth-order valence-electron chi connectivity index (χ4n) is 4.80. The third-order valence-electron chi connectivity index (χ3n) is 6.66. The molecule has 0 radical (unpaired) electrons. The molecule has 1 saturated heterocycles. The van der Waals surface area contributed by atoms with Crippen LogP contribution in [0, 0.1) is 19.3 Å². The summed E-state index contributed by atoms with van der Waals surface area (Å²) in [6.07, 6.45) is 1.45. The van der Waals surface area contributed by atoms with Gasteiger partial charge in [-0.15, -0.1) is 11.3 Å². The average molecular weight is 495 g/mol. The minimum absolute atomic E-state index is 0.0803. The lowest BCUT2D eigenvalue weighted by Gasteiger charge is -2.33. The Labute approximate surface area is 210 Å². The Bertz CT molecular complexity index is 1190. The minimum atomic E-state index is -0.503. The van der Waals surface area contributed by atoms with E-state index in [-0.39, 0.29) is 23.3 Å². The first kappa shape index (κ1) is 25.1. The predicted molar refractivity (Wildman–Crippen MR) is 137 cm³/mol. The summed E-state index contributed by atoms with van der Waals surface area (Å²) in [5.74, 6) is -0.150. The number of likely N-dealkylation sites (tertiary alicyclic amines) is 1. The first-order valence-electron chi connectivity index (χ1n) is 12.1. The Morgan fingerprint density at radius 2 is 1.91 bits per heavy atom. The Morgan fingerprint density at radius 1 is 1.20 bits per heavy atom. The highest BCUT2D eigenvalue weighted by atomic mass is 32.1. The molecule has 1 aliphatic heterocycles. The second kappa shape index (κ2) is 9.93. The minimum Gasteiger partial charge on any atom is -0.360 e. The zero-order chi connectivity index (χ0) is 25.3. The zero-order valence-electron chi connectivity index (χ0n) is 21.3. The van der Waals surface area contributed by atoms with E-state index in [9.17, 15) is 9.59 Å². The molecule has 2 aromatic heterocycles. The average Bonchev–Trinajstić information content (AvgIpc) is 3.54. The van der Waals surface area contributed by atoms with Crippen molar-refractivity contribution in [2.75, 3.05) is 6.54 Å². The highest BCUT2D eigenvalue weighted by Crippen LogP contribution is 2.38. The first-order valence-corrected chi connectivity index (χ1v) is 13.0. The topological polar surface area (TPSA) is 88.3 Å². The maximum absolute atomic E-state index is 13.7. The third kappa shape index (κ3) is 5.32. The number of carbonyl (C=O) groups excluding carboxylic acids is 2. The SMILES string of the molecule is Cc1cc([C@H](C(=O)N2CCC[C@H]2C(=O)N[C@@H](C)c2ccc(-c3scnc3C)cc2)C(C)(C)C)on1. The molecule has 0 unspecified atom stereocenters. The molecule has 7 nitrogen and oxygen atoms in total. The molecule has 0 aliphatic carbocycles. The van der Waals surface area contributed by atoms with Crippen LogP contribution >= 0.6 is 11.3 Å². The van der Waals surface area contributed by atoms with Gasteiger partial charge in [0.05, 0.1) is 27.8 Å². The summed E-state index contributed by atoms with van der Waals surface area (Å²) in [7, 11) is 0. The van der Waals surface area contributed by atoms with Gasteiger partial charge in [-0.05, 0) is 50.2 Å². The second-order valence-electron chi connectivity index (χ2n) is 10.5. The van der Waals surface area contributed by atoms with E-state index in [0.29, 0.717) is 18.7 Å². The van der Waals surface area contributed by atoms with Crippen LogP contribution in [0.2, 0.25) is 0 Å². The fourth-order valence-corrected chi connectivity index (χ4v) is 5.61. The van der Waals surface area contributed by atoms with Crippen molar-refractivity contribution in [3.05, 3.63) is 58.6 Å². The maximum atomic E-state index is 13.7. The number of nitrogens with one attached hydrogen (secondary N) is 1. The van der Waals surface area contributed by atoms with Crippen LogP contribution in [0.3, 0.4) is 0 Å². The van der Waals surface area contributed by atoms with Gasteiger partial charge in [-0.25, -0.2) is 4.98 Å². The van der Waals surface area contributed by atoms with Crippen LogP contribution in [0.25, 0.3) is 10.4 Å². The molecule has 186 valence electrons. The molecule has 35 heavy (non-hydrogen) atoms. The number of thiazole rings is 1. The lowest BCUT2D eigenvalue weighted by molar-refractivity contribution is -0.142. The van der Waals surface area contributed by atoms with Crippen LogP contribution in [-0.2, 0) is 9.59 Å². The zero-order valence-corrected chi connectivity index (χ0v) is 22.1. The number of aromatic nitrogens is 2. The molecule has 1 N–H and O–H groups in total. The van der Waals surface area contributed by atoms with Gasteiger partial charge in [0.2, 0.25) is 11.8 Å². The summed E-state index contributed by atoms with van der Waals surface area (Å²) in [5.41, 5.74) is 5.37. The van der Waals surface area contributed by atoms with Gasteiger partial charge in [-0.3, -0.25) is 9.59 Å². The van der Waals surface area contributed by atoms with E-state index in [1.54, 1.807) is 16.2 Å². The quantitative estimate of drug-likeness (QED) is 0.495. The molecule has 0 saturated carbocycles. The van der Waals surface area contributed by atoms with Gasteiger partial charge >= 0.3 is 0 Å². The Balaban J connectivity index is 1.47. The molecule has 1 aliphatic rings. The van der Waals surface area contributed by atoms with Crippen molar-refractivity contribution in [1.82, 2.24) is 20.4 Å². The molecule has 2 amide bonds. The molecule has 4 rings (SSSR count). The van der Waals surface area contributed by atoms with Crippen molar-refractivity contribution in [2.24, 2.45) is 5.41 Å². The molecule has 8 heteroatoms. The largest absolute Gasteiger partial charge is 0.360 e. The molecule has 3 atom stereocenters. The van der Waals surface area contributed by atoms with Gasteiger partial charge in [-0.2, -0.15) is 0 Å². The number of benzene rings is 1. The summed E-state index contributed by atoms with van der Waals surface area (Å²) >= 11 is 1.62. The highest BCUT2D eigenvalue weighted by molar-refractivity contribution is 7.13. The van der Waals surface area contributed by atoms with Gasteiger partial charge in [-0.1, -0.05) is 50.2 Å². The lowest BCUT2D eigenvalue weighted by Crippen LogP contribution is -2.49. The van der Waals surface area contributed by atoms with Gasteiger partial charge in [0.1, 0.15) is 17.7 Å². The van der Waals surface area contributed by atoms with Crippen LogP contribution < -0.4 is 5.32 Å². The fraction of sp³-hybridized carbons (Fsp3) is 0.481. The molecule has 3 aromatic rings. The summed E-state index contributed by atoms with van der Waals surface area (Å²) in [5, 5.41) is 7.12. The number of hydrogen-bond acceptors (Lipinski definition) is 6. The smallest absolute Gasteiger partial charge is 0.243 e. The summed E-state index contributed by atoms with van der Waals surface area (Å²) in [4.78, 5) is 34.2. The number of nitrogens with zero attached hydrogens (tertiary/aromatic N) is 3. The second-order valence-corrected chi connectivity index (χ2v) is 11.3. The van der Waals surface area contributed by atoms with Crippen molar-refractivity contribution in [3.63, 3.8) is 0 Å². The van der Waals surface area contributed by atoms with E-state index >= 15 is 0 Å². The van der Waals surface area contributed by atoms with E-state index in [4.69, 9.17) is 4.52 Å². The molecule has 1 fully saturated rings. The Kier molecular flexibility index (Phi) is 7.12. The van der Waals surface area contributed by atoms with Crippen LogP contribution in [0.5, 0.6) is 0 Å². The number of aryl methyl sites for hydroxylation is 2. The summed E-state index contributed by atoms with van der Waals surface area (Å²) in [6.45, 7) is 12.4. The van der Waals surface area contributed by atoms with E-state index in [0.717, 1.165) is 33.8 Å². The number of hydrogen-bond donors (Lipinski definition) is 1. The number of carbonyl (C=O) groups is 2. The molecule has 0 bridgehead atoms. The first-order chi connectivity index (χ1) is 16.6. The van der Waals surface area contributed by atoms with Crippen molar-refractivity contribution in [3.8, 4) is 10.4 Å². The molecular formula is C27H34N4O3S. The van der Waals surface area contributed by atoms with Gasteiger partial charge < -0.3 is 14.7 Å². The standard InChI is InChI=1S/C27H34N4O3S/c1-16-14-22(34-30-16)23(27(4,5)6)26(33)31-13-7-8-21(31)25(32)29-17(2)19-9-11-20(12-10-19)24-18(3)28-15-35-24/h9-12,14-15,17,21,23H,7-8,13H2,1-6H3,(H,29,32)/t17-,21-,23+/m0/s1. The highest BCUT2D eigenvalue weighted by Gasteiger charge is 2.43.